The number of ether oxygens (including phenoxy) is 1. The van der Waals surface area contributed by atoms with Gasteiger partial charge in [0.2, 0.25) is 5.91 Å². The van der Waals surface area contributed by atoms with Crippen LogP contribution < -0.4 is 5.32 Å². The van der Waals surface area contributed by atoms with Crippen LogP contribution in [-0.2, 0) is 9.53 Å². The lowest BCUT2D eigenvalue weighted by atomic mass is 10.2. The SMILES string of the molecule is CC[C@@H](C)NC(=O)CCOC. The molecule has 1 N–H and O–H groups in total. The Labute approximate surface area is 68.1 Å². The number of hydrogen-bond acceptors (Lipinski definition) is 2. The van der Waals surface area contributed by atoms with E-state index in [1.54, 1.807) is 7.11 Å². The summed E-state index contributed by atoms with van der Waals surface area (Å²) < 4.78 is 4.77. The molecule has 66 valence electrons. The maximum atomic E-state index is 11.0. The molecular formula is C8H17NO2. The highest BCUT2D eigenvalue weighted by Gasteiger charge is 2.03. The van der Waals surface area contributed by atoms with Crippen molar-refractivity contribution >= 4 is 5.91 Å². The van der Waals surface area contributed by atoms with E-state index in [1.165, 1.54) is 0 Å². The third-order valence-corrected chi connectivity index (χ3v) is 1.55. The second kappa shape index (κ2) is 6.16. The van der Waals surface area contributed by atoms with Crippen LogP contribution >= 0.6 is 0 Å². The van der Waals surface area contributed by atoms with Crippen LogP contribution in [0.2, 0.25) is 0 Å². The molecule has 11 heavy (non-hydrogen) atoms. The van der Waals surface area contributed by atoms with Crippen molar-refractivity contribution in [3.8, 4) is 0 Å². The minimum atomic E-state index is 0.0706. The van der Waals surface area contributed by atoms with Gasteiger partial charge >= 0.3 is 0 Å². The van der Waals surface area contributed by atoms with Crippen LogP contribution in [0.3, 0.4) is 0 Å². The minimum absolute atomic E-state index is 0.0706. The van der Waals surface area contributed by atoms with Crippen LogP contribution in [0.4, 0.5) is 0 Å². The van der Waals surface area contributed by atoms with E-state index in [0.717, 1.165) is 6.42 Å². The average Bonchev–Trinajstić information content (AvgIpc) is 2.00. The van der Waals surface area contributed by atoms with E-state index < -0.39 is 0 Å². The molecule has 0 radical (unpaired) electrons. The fourth-order valence-electron chi connectivity index (χ4n) is 0.644. The molecule has 0 aromatic carbocycles. The summed E-state index contributed by atoms with van der Waals surface area (Å²) in [5.74, 6) is 0.0706. The molecule has 0 saturated heterocycles. The highest BCUT2D eigenvalue weighted by molar-refractivity contribution is 5.76. The summed E-state index contributed by atoms with van der Waals surface area (Å²) in [6.45, 7) is 4.54. The fraction of sp³-hybridized carbons (Fsp3) is 0.875. The quantitative estimate of drug-likeness (QED) is 0.648. The topological polar surface area (TPSA) is 38.3 Å². The van der Waals surface area contributed by atoms with Crippen molar-refractivity contribution in [2.45, 2.75) is 32.7 Å². The van der Waals surface area contributed by atoms with Gasteiger partial charge in [-0.2, -0.15) is 0 Å². The molecule has 0 aliphatic heterocycles. The molecule has 0 aliphatic rings. The largest absolute Gasteiger partial charge is 0.384 e. The van der Waals surface area contributed by atoms with Crippen molar-refractivity contribution < 1.29 is 9.53 Å². The third-order valence-electron chi connectivity index (χ3n) is 1.55. The first-order chi connectivity index (χ1) is 5.20. The van der Waals surface area contributed by atoms with Crippen LogP contribution in [0.15, 0.2) is 0 Å². The lowest BCUT2D eigenvalue weighted by Gasteiger charge is -2.10. The molecule has 1 atom stereocenters. The van der Waals surface area contributed by atoms with Crippen LogP contribution in [-0.4, -0.2) is 25.7 Å². The van der Waals surface area contributed by atoms with Crippen LogP contribution in [0.5, 0.6) is 0 Å². The maximum absolute atomic E-state index is 11.0. The summed E-state index contributed by atoms with van der Waals surface area (Å²) in [4.78, 5) is 11.0. The van der Waals surface area contributed by atoms with Gasteiger partial charge in [-0.15, -0.1) is 0 Å². The van der Waals surface area contributed by atoms with Gasteiger partial charge in [0.05, 0.1) is 6.61 Å². The summed E-state index contributed by atoms with van der Waals surface area (Å²) in [5, 5.41) is 2.85. The van der Waals surface area contributed by atoms with Gasteiger partial charge < -0.3 is 10.1 Å². The van der Waals surface area contributed by atoms with Crippen molar-refractivity contribution in [3.05, 3.63) is 0 Å². The van der Waals surface area contributed by atoms with Crippen LogP contribution in [0.25, 0.3) is 0 Å². The summed E-state index contributed by atoms with van der Waals surface area (Å²) in [6.07, 6.45) is 1.43. The Bertz CT molecular complexity index is 115. The number of hydrogen-bond donors (Lipinski definition) is 1. The van der Waals surface area contributed by atoms with E-state index in [2.05, 4.69) is 5.32 Å². The second-order valence-electron chi connectivity index (χ2n) is 2.62. The Morgan fingerprint density at radius 2 is 2.27 bits per heavy atom. The number of nitrogens with one attached hydrogen (secondary N) is 1. The van der Waals surface area contributed by atoms with E-state index >= 15 is 0 Å². The molecule has 3 heteroatoms. The first-order valence-electron chi connectivity index (χ1n) is 3.99. The number of rotatable bonds is 5. The first-order valence-corrected chi connectivity index (χ1v) is 3.99. The van der Waals surface area contributed by atoms with E-state index in [1.807, 2.05) is 13.8 Å². The Balaban J connectivity index is 3.36. The van der Waals surface area contributed by atoms with Gasteiger partial charge in [0, 0.05) is 19.6 Å². The molecule has 0 saturated carbocycles. The summed E-state index contributed by atoms with van der Waals surface area (Å²) >= 11 is 0. The number of methoxy groups -OCH3 is 1. The van der Waals surface area contributed by atoms with Gasteiger partial charge in [0.1, 0.15) is 0 Å². The smallest absolute Gasteiger partial charge is 0.222 e. The minimum Gasteiger partial charge on any atom is -0.384 e. The molecule has 0 aromatic heterocycles. The predicted octanol–water partition coefficient (Wildman–Crippen LogP) is 0.938. The van der Waals surface area contributed by atoms with Crippen molar-refractivity contribution in [2.24, 2.45) is 0 Å². The molecule has 0 spiro atoms. The molecule has 0 unspecified atom stereocenters. The zero-order chi connectivity index (χ0) is 8.69. The number of carbonyl (C=O) groups is 1. The Morgan fingerprint density at radius 3 is 2.73 bits per heavy atom. The second-order valence-corrected chi connectivity index (χ2v) is 2.62. The predicted molar refractivity (Wildman–Crippen MR) is 44.4 cm³/mol. The number of amides is 1. The summed E-state index contributed by atoms with van der Waals surface area (Å²) in [7, 11) is 1.59. The van der Waals surface area contributed by atoms with Crippen molar-refractivity contribution in [2.75, 3.05) is 13.7 Å². The lowest BCUT2D eigenvalue weighted by molar-refractivity contribution is -0.122. The van der Waals surface area contributed by atoms with Crippen molar-refractivity contribution in [1.29, 1.82) is 0 Å². The van der Waals surface area contributed by atoms with Gasteiger partial charge in [-0.25, -0.2) is 0 Å². The van der Waals surface area contributed by atoms with Crippen molar-refractivity contribution in [1.82, 2.24) is 5.32 Å². The molecule has 0 rings (SSSR count). The molecule has 3 nitrogen and oxygen atoms in total. The molecule has 0 heterocycles. The van der Waals surface area contributed by atoms with Crippen LogP contribution in [0, 0.1) is 0 Å². The first kappa shape index (κ1) is 10.4. The van der Waals surface area contributed by atoms with Crippen molar-refractivity contribution in [3.63, 3.8) is 0 Å². The van der Waals surface area contributed by atoms with Gasteiger partial charge in [-0.1, -0.05) is 6.92 Å². The van der Waals surface area contributed by atoms with Crippen LogP contribution in [0.1, 0.15) is 26.7 Å². The normalized spacial score (nSPS) is 12.6. The molecule has 0 bridgehead atoms. The van der Waals surface area contributed by atoms with E-state index in [4.69, 9.17) is 4.74 Å². The molecular weight excluding hydrogens is 142 g/mol. The molecule has 1 amide bonds. The molecule has 0 fully saturated rings. The fourth-order valence-corrected chi connectivity index (χ4v) is 0.644. The highest BCUT2D eigenvalue weighted by atomic mass is 16.5. The average molecular weight is 159 g/mol. The Kier molecular flexibility index (Phi) is 5.84. The molecule has 0 aliphatic carbocycles. The van der Waals surface area contributed by atoms with E-state index in [0.29, 0.717) is 13.0 Å². The monoisotopic (exact) mass is 159 g/mol. The molecule has 0 aromatic rings. The summed E-state index contributed by atoms with van der Waals surface area (Å²) in [5.41, 5.74) is 0. The van der Waals surface area contributed by atoms with E-state index in [-0.39, 0.29) is 11.9 Å². The summed E-state index contributed by atoms with van der Waals surface area (Å²) in [6, 6.07) is 0.277. The number of carbonyl (C=O) groups excluding carboxylic acids is 1. The van der Waals surface area contributed by atoms with Gasteiger partial charge in [-0.3, -0.25) is 4.79 Å². The van der Waals surface area contributed by atoms with Gasteiger partial charge in [0.15, 0.2) is 0 Å². The third kappa shape index (κ3) is 5.85. The lowest BCUT2D eigenvalue weighted by Crippen LogP contribution is -2.32. The zero-order valence-electron chi connectivity index (χ0n) is 7.52. The van der Waals surface area contributed by atoms with Gasteiger partial charge in [0.25, 0.3) is 0 Å². The maximum Gasteiger partial charge on any atom is 0.222 e. The Hall–Kier alpha value is -0.570. The standard InChI is InChI=1S/C8H17NO2/c1-4-7(2)9-8(10)5-6-11-3/h7H,4-6H2,1-3H3,(H,9,10)/t7-/m1/s1. The highest BCUT2D eigenvalue weighted by Crippen LogP contribution is 1.89. The van der Waals surface area contributed by atoms with Gasteiger partial charge in [-0.05, 0) is 13.3 Å². The van der Waals surface area contributed by atoms with E-state index in [9.17, 15) is 4.79 Å². The zero-order valence-corrected chi connectivity index (χ0v) is 7.52. The Morgan fingerprint density at radius 1 is 1.64 bits per heavy atom.